The molecule has 0 aromatic heterocycles. The first-order chi connectivity index (χ1) is 28.7. The topological polar surface area (TPSA) is 222 Å². The van der Waals surface area contributed by atoms with Gasteiger partial charge in [-0.25, -0.2) is 0 Å². The largest absolute Gasteiger partial charge is 0.356 e. The van der Waals surface area contributed by atoms with Crippen molar-refractivity contribution in [2.45, 2.75) is 133 Å². The second-order valence-corrected chi connectivity index (χ2v) is 20.5. The van der Waals surface area contributed by atoms with Crippen LogP contribution in [0.2, 0.25) is 0 Å². The van der Waals surface area contributed by atoms with Gasteiger partial charge in [0.25, 0.3) is 0 Å². The molecule has 14 heteroatoms. The molecule has 4 amide bonds. The molecule has 0 aromatic carbocycles. The van der Waals surface area contributed by atoms with Gasteiger partial charge >= 0.3 is 0 Å². The van der Waals surface area contributed by atoms with Crippen molar-refractivity contribution in [3.05, 3.63) is 0 Å². The zero-order valence-electron chi connectivity index (χ0n) is 41.0. The average molecular weight is 865 g/mol. The molecule has 0 aromatic rings. The Bertz CT molecular complexity index is 1250. The number of nitrogens with zero attached hydrogens (tertiary/aromatic N) is 1. The Morgan fingerprint density at radius 3 is 1.44 bits per heavy atom. The number of hydrogen-bond acceptors (Lipinski definition) is 10. The van der Waals surface area contributed by atoms with Gasteiger partial charge in [0.05, 0.1) is 0 Å². The van der Waals surface area contributed by atoms with Crippen molar-refractivity contribution >= 4 is 23.6 Å². The zero-order chi connectivity index (χ0) is 46.3. The number of carbonyl (C=O) groups excluding carboxylic acids is 4. The first-order valence-electron chi connectivity index (χ1n) is 24.0. The van der Waals surface area contributed by atoms with Crippen molar-refractivity contribution in [3.8, 4) is 0 Å². The molecular formula is C47H96N10O4. The van der Waals surface area contributed by atoms with Crippen LogP contribution < -0.4 is 49.1 Å². The van der Waals surface area contributed by atoms with Crippen LogP contribution in [-0.4, -0.2) is 120 Å². The van der Waals surface area contributed by atoms with Crippen LogP contribution in [0.3, 0.4) is 0 Å². The van der Waals surface area contributed by atoms with Gasteiger partial charge in [-0.05, 0) is 127 Å². The van der Waals surface area contributed by atoms with Gasteiger partial charge < -0.3 is 54.0 Å². The molecule has 4 rings (SSSR count). The summed E-state index contributed by atoms with van der Waals surface area (Å²) in [6.45, 7) is 28.4. The van der Waals surface area contributed by atoms with Crippen molar-refractivity contribution < 1.29 is 19.2 Å². The number of nitrogens with one attached hydrogen (secondary N) is 6. The fraction of sp³-hybridized carbons (Fsp3) is 0.915. The number of amides is 4. The minimum absolute atomic E-state index is 0.0713. The predicted molar refractivity (Wildman–Crippen MR) is 252 cm³/mol. The van der Waals surface area contributed by atoms with Gasteiger partial charge in [-0.2, -0.15) is 0 Å². The van der Waals surface area contributed by atoms with Crippen molar-refractivity contribution in [2.24, 2.45) is 81.8 Å². The lowest BCUT2D eigenvalue weighted by Crippen LogP contribution is -2.42. The smallest absolute Gasteiger partial charge is 0.225 e. The highest BCUT2D eigenvalue weighted by Gasteiger charge is 2.33. The standard InChI is InChI=1S/C14H28N2O.C12H24N2O.C11H23N3O.C10H21N3O/c1-10(2)14(3,4)13(17)16-9-12-6-5-11(7-12)8-15;1-9(2)12(15)14-8-11-5-4-10(6-11)7-13-3;1-8(2)11(15)13-6-10-4-9(5-12)7-14(10)3;1-7(2)10(14)13-6-8-3-9(4-11)12-5-8/h10-12H,5-9,15H2,1-4H3,(H,16,17);9-11,13H,4-8H2,1-3H3,(H,14,15);8-10H,4-7,12H2,1-3H3,(H,13,15);7-9,12H,3-6,11H2,1-2H3,(H,13,14)/t11-,12+;10-,11+;9-,10-;8-,9+/m1101/s1. The quantitative estimate of drug-likeness (QED) is 0.0979. The first kappa shape index (κ1) is 56.7. The molecule has 2 aliphatic heterocycles. The fourth-order valence-electron chi connectivity index (χ4n) is 8.31. The summed E-state index contributed by atoms with van der Waals surface area (Å²) in [5.41, 5.74) is 16.6. The van der Waals surface area contributed by atoms with E-state index >= 15 is 0 Å². The van der Waals surface area contributed by atoms with Crippen LogP contribution in [0, 0.1) is 64.6 Å². The molecule has 8 atom stereocenters. The molecule has 4 aliphatic rings. The number of carbonyl (C=O) groups is 4. The van der Waals surface area contributed by atoms with Gasteiger partial charge in [0.2, 0.25) is 23.6 Å². The van der Waals surface area contributed by atoms with E-state index in [2.05, 4.69) is 57.7 Å². The molecular weight excluding hydrogens is 769 g/mol. The Kier molecular flexibility index (Phi) is 27.8. The predicted octanol–water partition coefficient (Wildman–Crippen LogP) is 3.29. The zero-order valence-corrected chi connectivity index (χ0v) is 41.0. The van der Waals surface area contributed by atoms with E-state index in [0.29, 0.717) is 54.1 Å². The molecule has 358 valence electrons. The van der Waals surface area contributed by atoms with Crippen molar-refractivity contribution in [2.75, 3.05) is 79.5 Å². The van der Waals surface area contributed by atoms with Crippen molar-refractivity contribution in [3.63, 3.8) is 0 Å². The van der Waals surface area contributed by atoms with Crippen LogP contribution in [0.25, 0.3) is 0 Å². The fourth-order valence-corrected chi connectivity index (χ4v) is 8.31. The summed E-state index contributed by atoms with van der Waals surface area (Å²) in [7, 11) is 4.11. The van der Waals surface area contributed by atoms with Crippen LogP contribution in [0.4, 0.5) is 0 Å². The summed E-state index contributed by atoms with van der Waals surface area (Å²) in [5, 5.41) is 18.6. The summed E-state index contributed by atoms with van der Waals surface area (Å²) < 4.78 is 0. The number of likely N-dealkylation sites (N-methyl/N-ethyl adjacent to an activating group) is 1. The lowest BCUT2D eigenvalue weighted by molar-refractivity contribution is -0.131. The average Bonchev–Trinajstić information content (AvgIpc) is 4.05. The molecule has 0 bridgehead atoms. The summed E-state index contributed by atoms with van der Waals surface area (Å²) in [6.07, 6.45) is 9.64. The number of likely N-dealkylation sites (tertiary alicyclic amines) is 1. The highest BCUT2D eigenvalue weighted by atomic mass is 16.2. The van der Waals surface area contributed by atoms with Crippen LogP contribution >= 0.6 is 0 Å². The first-order valence-corrected chi connectivity index (χ1v) is 24.0. The maximum Gasteiger partial charge on any atom is 0.225 e. The molecule has 2 heterocycles. The Balaban J connectivity index is 0.000000408. The number of hydrogen-bond donors (Lipinski definition) is 9. The van der Waals surface area contributed by atoms with Gasteiger partial charge in [-0.1, -0.05) is 69.2 Å². The van der Waals surface area contributed by atoms with Gasteiger partial charge in [-0.3, -0.25) is 19.2 Å². The molecule has 12 N–H and O–H groups in total. The van der Waals surface area contributed by atoms with Gasteiger partial charge in [0.15, 0.2) is 0 Å². The third-order valence-electron chi connectivity index (χ3n) is 13.6. The minimum atomic E-state index is -0.272. The summed E-state index contributed by atoms with van der Waals surface area (Å²) in [5.74, 6) is 5.24. The molecule has 0 radical (unpaired) electrons. The molecule has 14 nitrogen and oxygen atoms in total. The maximum atomic E-state index is 12.1. The Morgan fingerprint density at radius 2 is 1.03 bits per heavy atom. The van der Waals surface area contributed by atoms with E-state index in [1.54, 1.807) is 0 Å². The second-order valence-electron chi connectivity index (χ2n) is 20.5. The van der Waals surface area contributed by atoms with E-state index in [-0.39, 0.29) is 46.8 Å². The van der Waals surface area contributed by atoms with E-state index in [0.717, 1.165) is 77.7 Å². The lowest BCUT2D eigenvalue weighted by atomic mass is 9.80. The lowest BCUT2D eigenvalue weighted by Gasteiger charge is -2.28. The van der Waals surface area contributed by atoms with Crippen LogP contribution in [-0.2, 0) is 19.2 Å². The number of nitrogens with two attached hydrogens (primary N) is 3. The maximum absolute atomic E-state index is 12.1. The second kappa shape index (κ2) is 29.9. The highest BCUT2D eigenvalue weighted by Crippen LogP contribution is 2.31. The molecule has 2 saturated heterocycles. The Labute approximate surface area is 372 Å². The molecule has 2 aliphatic carbocycles. The Morgan fingerprint density at radius 1 is 0.590 bits per heavy atom. The highest BCUT2D eigenvalue weighted by molar-refractivity contribution is 5.82. The van der Waals surface area contributed by atoms with Crippen molar-refractivity contribution in [1.29, 1.82) is 0 Å². The number of rotatable bonds is 18. The molecule has 2 saturated carbocycles. The van der Waals surface area contributed by atoms with E-state index in [1.807, 2.05) is 62.4 Å². The van der Waals surface area contributed by atoms with Crippen LogP contribution in [0.15, 0.2) is 0 Å². The van der Waals surface area contributed by atoms with E-state index in [4.69, 9.17) is 17.2 Å². The van der Waals surface area contributed by atoms with Gasteiger partial charge in [0.1, 0.15) is 0 Å². The van der Waals surface area contributed by atoms with E-state index in [1.165, 1.54) is 38.5 Å². The van der Waals surface area contributed by atoms with E-state index < -0.39 is 0 Å². The van der Waals surface area contributed by atoms with Crippen LogP contribution in [0.5, 0.6) is 0 Å². The molecule has 0 spiro atoms. The van der Waals surface area contributed by atoms with Gasteiger partial charge in [-0.15, -0.1) is 0 Å². The molecule has 61 heavy (non-hydrogen) atoms. The summed E-state index contributed by atoms with van der Waals surface area (Å²) in [4.78, 5) is 48.4. The molecule has 0 unspecified atom stereocenters. The Hall–Kier alpha value is -2.36. The third kappa shape index (κ3) is 22.2. The van der Waals surface area contributed by atoms with Crippen molar-refractivity contribution in [1.82, 2.24) is 36.8 Å². The van der Waals surface area contributed by atoms with E-state index in [9.17, 15) is 19.2 Å². The third-order valence-corrected chi connectivity index (χ3v) is 13.6. The molecule has 4 fully saturated rings. The van der Waals surface area contributed by atoms with Crippen LogP contribution in [0.1, 0.15) is 121 Å². The minimum Gasteiger partial charge on any atom is -0.356 e. The monoisotopic (exact) mass is 865 g/mol. The summed E-state index contributed by atoms with van der Waals surface area (Å²) >= 11 is 0. The SMILES string of the molecule is CC(C)C(=O)NC[C@@H]1C[C@@H](CN)CN1C.CC(C)C(=O)NC[C@H]1CN[C@H](CN)C1.CC(C)C(C)(C)C(=O)NC[C@H]1CC[C@@H](CN)C1.CNC[C@@H]1CC[C@H](CNC(=O)C(C)C)C1. The van der Waals surface area contributed by atoms with Gasteiger partial charge in [0, 0.05) is 81.1 Å². The normalized spacial score (nSPS) is 26.3. The summed E-state index contributed by atoms with van der Waals surface area (Å²) in [6, 6.07) is 0.900.